The van der Waals surface area contributed by atoms with Crippen molar-refractivity contribution in [2.24, 2.45) is 15.9 Å². The molecule has 1 heterocycles. The highest BCUT2D eigenvalue weighted by Crippen LogP contribution is 2.27. The van der Waals surface area contributed by atoms with E-state index in [-0.39, 0.29) is 5.91 Å². The second-order valence-electron chi connectivity index (χ2n) is 8.20. The Labute approximate surface area is 175 Å². The second kappa shape index (κ2) is 9.90. The molecule has 1 aliphatic heterocycles. The van der Waals surface area contributed by atoms with Crippen LogP contribution in [0.25, 0.3) is 0 Å². The Morgan fingerprint density at radius 1 is 1.24 bits per heavy atom. The molecule has 0 saturated heterocycles. The lowest BCUT2D eigenvalue weighted by molar-refractivity contribution is -0.122. The molecule has 1 atom stereocenters. The van der Waals surface area contributed by atoms with Crippen LogP contribution in [0.2, 0.25) is 0 Å². The lowest BCUT2D eigenvalue weighted by Gasteiger charge is -2.30. The summed E-state index contributed by atoms with van der Waals surface area (Å²) in [5, 5.41) is 3.10. The van der Waals surface area contributed by atoms with Gasteiger partial charge in [0.25, 0.3) is 0 Å². The first kappa shape index (κ1) is 21.3. The number of carbonyl (C=O) groups excluding carboxylic acids is 1. The van der Waals surface area contributed by atoms with Gasteiger partial charge in [0, 0.05) is 39.6 Å². The second-order valence-corrected chi connectivity index (χ2v) is 8.20. The third-order valence-electron chi connectivity index (χ3n) is 5.73. The van der Waals surface area contributed by atoms with Gasteiger partial charge < -0.3 is 15.1 Å². The van der Waals surface area contributed by atoms with Crippen molar-refractivity contribution in [3.63, 3.8) is 0 Å². The van der Waals surface area contributed by atoms with E-state index >= 15 is 0 Å². The third kappa shape index (κ3) is 6.05. The number of amides is 1. The molecule has 1 saturated carbocycles. The molecule has 1 aromatic rings. The van der Waals surface area contributed by atoms with Crippen LogP contribution in [0.3, 0.4) is 0 Å². The average molecular weight is 398 g/mol. The molecule has 1 amide bonds. The Balaban J connectivity index is 1.70. The molecule has 6 nitrogen and oxygen atoms in total. The molecule has 3 rings (SSSR count). The van der Waals surface area contributed by atoms with Crippen LogP contribution >= 0.6 is 0 Å². The molecule has 0 aromatic heterocycles. The Morgan fingerprint density at radius 2 is 2.00 bits per heavy atom. The Kier molecular flexibility index (Phi) is 7.29. The fourth-order valence-electron chi connectivity index (χ4n) is 3.62. The fourth-order valence-corrected chi connectivity index (χ4v) is 3.62. The van der Waals surface area contributed by atoms with Crippen molar-refractivity contribution in [1.82, 2.24) is 15.1 Å². The SMILES string of the molecule is CCN(CC)C1=NC(N(C)CCc2cccc(C)c2)=NC(C(=O)NCC2CC2)C1. The quantitative estimate of drug-likeness (QED) is 0.734. The number of nitrogens with zero attached hydrogens (tertiary/aromatic N) is 4. The Bertz CT molecular complexity index is 764. The first-order valence-electron chi connectivity index (χ1n) is 10.9. The van der Waals surface area contributed by atoms with Gasteiger partial charge in [0.1, 0.15) is 11.9 Å². The van der Waals surface area contributed by atoms with E-state index in [4.69, 9.17) is 9.98 Å². The molecule has 0 bridgehead atoms. The normalized spacial score (nSPS) is 18.7. The highest BCUT2D eigenvalue weighted by atomic mass is 16.2. The molecule has 29 heavy (non-hydrogen) atoms. The van der Waals surface area contributed by atoms with Gasteiger partial charge in [0.15, 0.2) is 0 Å². The van der Waals surface area contributed by atoms with Gasteiger partial charge >= 0.3 is 0 Å². The molecular weight excluding hydrogens is 362 g/mol. The van der Waals surface area contributed by atoms with Crippen molar-refractivity contribution in [3.05, 3.63) is 35.4 Å². The molecule has 158 valence electrons. The summed E-state index contributed by atoms with van der Waals surface area (Å²) in [6, 6.07) is 8.19. The van der Waals surface area contributed by atoms with Crippen LogP contribution in [0.4, 0.5) is 0 Å². The monoisotopic (exact) mass is 397 g/mol. The number of aryl methyl sites for hydroxylation is 1. The molecular formula is C23H35N5O. The van der Waals surface area contributed by atoms with Gasteiger partial charge in [-0.2, -0.15) is 0 Å². The molecule has 1 N–H and O–H groups in total. The number of benzene rings is 1. The van der Waals surface area contributed by atoms with Crippen LogP contribution in [0, 0.1) is 12.8 Å². The van der Waals surface area contributed by atoms with E-state index in [0.29, 0.717) is 18.3 Å². The minimum absolute atomic E-state index is 0.0287. The lowest BCUT2D eigenvalue weighted by Crippen LogP contribution is -2.45. The summed E-state index contributed by atoms with van der Waals surface area (Å²) in [4.78, 5) is 26.6. The van der Waals surface area contributed by atoms with Crippen molar-refractivity contribution < 1.29 is 4.79 Å². The van der Waals surface area contributed by atoms with E-state index in [1.807, 2.05) is 7.05 Å². The third-order valence-corrected chi connectivity index (χ3v) is 5.73. The summed E-state index contributed by atoms with van der Waals surface area (Å²) in [7, 11) is 2.02. The zero-order valence-electron chi connectivity index (χ0n) is 18.3. The zero-order valence-corrected chi connectivity index (χ0v) is 18.3. The molecule has 1 fully saturated rings. The number of amidine groups is 1. The van der Waals surface area contributed by atoms with Gasteiger partial charge in [-0.15, -0.1) is 0 Å². The minimum Gasteiger partial charge on any atom is -0.360 e. The van der Waals surface area contributed by atoms with E-state index in [1.54, 1.807) is 0 Å². The number of nitrogens with one attached hydrogen (secondary N) is 1. The maximum absolute atomic E-state index is 12.7. The summed E-state index contributed by atoms with van der Waals surface area (Å²) in [6.07, 6.45) is 3.96. The summed E-state index contributed by atoms with van der Waals surface area (Å²) >= 11 is 0. The van der Waals surface area contributed by atoms with Gasteiger partial charge in [-0.05, 0) is 51.5 Å². The van der Waals surface area contributed by atoms with Crippen molar-refractivity contribution in [3.8, 4) is 0 Å². The van der Waals surface area contributed by atoms with E-state index in [0.717, 1.165) is 38.4 Å². The maximum atomic E-state index is 12.7. The van der Waals surface area contributed by atoms with Gasteiger partial charge in [-0.1, -0.05) is 29.8 Å². The molecule has 2 aliphatic rings. The van der Waals surface area contributed by atoms with Crippen LogP contribution in [0.1, 0.15) is 44.2 Å². The van der Waals surface area contributed by atoms with E-state index in [9.17, 15) is 4.79 Å². The molecule has 1 aliphatic carbocycles. The van der Waals surface area contributed by atoms with Crippen LogP contribution < -0.4 is 5.32 Å². The summed E-state index contributed by atoms with van der Waals surface area (Å²) < 4.78 is 0. The predicted octanol–water partition coefficient (Wildman–Crippen LogP) is 2.86. The van der Waals surface area contributed by atoms with E-state index < -0.39 is 6.04 Å². The topological polar surface area (TPSA) is 60.3 Å². The summed E-state index contributed by atoms with van der Waals surface area (Å²) in [5.41, 5.74) is 2.58. The Morgan fingerprint density at radius 3 is 2.66 bits per heavy atom. The highest BCUT2D eigenvalue weighted by molar-refractivity contribution is 6.02. The summed E-state index contributed by atoms with van der Waals surface area (Å²) in [5.74, 6) is 2.33. The van der Waals surface area contributed by atoms with Crippen LogP contribution in [0.5, 0.6) is 0 Å². The molecule has 0 spiro atoms. The predicted molar refractivity (Wildman–Crippen MR) is 119 cm³/mol. The number of rotatable bonds is 8. The fraction of sp³-hybridized carbons (Fsp3) is 0.609. The minimum atomic E-state index is -0.390. The molecule has 1 aromatic carbocycles. The highest BCUT2D eigenvalue weighted by Gasteiger charge is 2.29. The van der Waals surface area contributed by atoms with E-state index in [1.165, 1.54) is 24.0 Å². The molecule has 0 radical (unpaired) electrons. The smallest absolute Gasteiger partial charge is 0.245 e. The molecule has 6 heteroatoms. The van der Waals surface area contributed by atoms with Gasteiger partial charge in [0.05, 0.1) is 0 Å². The van der Waals surface area contributed by atoms with Crippen molar-refractivity contribution in [2.45, 2.75) is 52.5 Å². The lowest BCUT2D eigenvalue weighted by atomic mass is 10.1. The van der Waals surface area contributed by atoms with Gasteiger partial charge in [-0.3, -0.25) is 4.79 Å². The largest absolute Gasteiger partial charge is 0.360 e. The van der Waals surface area contributed by atoms with Crippen LogP contribution in [-0.2, 0) is 11.2 Å². The van der Waals surface area contributed by atoms with Crippen molar-refractivity contribution in [1.29, 1.82) is 0 Å². The van der Waals surface area contributed by atoms with Gasteiger partial charge in [0.2, 0.25) is 11.9 Å². The van der Waals surface area contributed by atoms with Gasteiger partial charge in [-0.25, -0.2) is 9.98 Å². The number of guanidine groups is 1. The molecule has 1 unspecified atom stereocenters. The Hall–Kier alpha value is -2.37. The number of likely N-dealkylation sites (N-methyl/N-ethyl adjacent to an activating group) is 1. The number of hydrogen-bond donors (Lipinski definition) is 1. The first-order chi connectivity index (χ1) is 14.0. The number of carbonyl (C=O) groups is 1. The van der Waals surface area contributed by atoms with Crippen LogP contribution in [-0.4, -0.2) is 66.8 Å². The zero-order chi connectivity index (χ0) is 20.8. The summed E-state index contributed by atoms with van der Waals surface area (Å²) in [6.45, 7) is 9.72. The first-order valence-corrected chi connectivity index (χ1v) is 10.9. The van der Waals surface area contributed by atoms with Crippen LogP contribution in [0.15, 0.2) is 34.3 Å². The van der Waals surface area contributed by atoms with Crippen molar-refractivity contribution in [2.75, 3.05) is 33.2 Å². The maximum Gasteiger partial charge on any atom is 0.245 e. The number of aliphatic imine (C=N–C) groups is 2. The average Bonchev–Trinajstić information content (AvgIpc) is 3.55. The standard InChI is InChI=1S/C23H35N5O/c1-5-28(6-2)21-15-20(22(29)24-16-19-10-11-19)25-23(26-21)27(4)13-12-18-9-7-8-17(3)14-18/h7-9,14,19-20H,5-6,10-13,15-16H2,1-4H3,(H,24,29). The van der Waals surface area contributed by atoms with E-state index in [2.05, 4.69) is 60.2 Å². The number of hydrogen-bond acceptors (Lipinski definition) is 5. The van der Waals surface area contributed by atoms with Crippen molar-refractivity contribution >= 4 is 17.7 Å².